The van der Waals surface area contributed by atoms with Crippen LogP contribution in [0.3, 0.4) is 0 Å². The zero-order valence-corrected chi connectivity index (χ0v) is 13.1. The van der Waals surface area contributed by atoms with E-state index in [1.165, 1.54) is 5.56 Å². The molecule has 100 valence electrons. The fourth-order valence-electron chi connectivity index (χ4n) is 2.11. The van der Waals surface area contributed by atoms with Crippen molar-refractivity contribution in [2.24, 2.45) is 0 Å². The van der Waals surface area contributed by atoms with Crippen LogP contribution in [0.1, 0.15) is 36.1 Å². The number of hydrogen-bond donors (Lipinski definition) is 1. The maximum Gasteiger partial charge on any atom is 0.106 e. The molecule has 0 aromatic heterocycles. The van der Waals surface area contributed by atoms with Gasteiger partial charge in [0.15, 0.2) is 0 Å². The van der Waals surface area contributed by atoms with Crippen LogP contribution < -0.4 is 0 Å². The minimum Gasteiger partial charge on any atom is -0.384 e. The summed E-state index contributed by atoms with van der Waals surface area (Å²) in [4.78, 5) is 0. The number of hydrogen-bond acceptors (Lipinski definition) is 1. The van der Waals surface area contributed by atoms with Crippen LogP contribution in [0.15, 0.2) is 46.9 Å². The van der Waals surface area contributed by atoms with Crippen molar-refractivity contribution in [1.29, 1.82) is 0 Å². The van der Waals surface area contributed by atoms with Crippen LogP contribution >= 0.6 is 27.5 Å². The lowest BCUT2D eigenvalue weighted by Gasteiger charge is -2.14. The summed E-state index contributed by atoms with van der Waals surface area (Å²) in [5.74, 6) is 0. The number of aryl methyl sites for hydroxylation is 1. The summed E-state index contributed by atoms with van der Waals surface area (Å²) in [5, 5.41) is 11.1. The first-order chi connectivity index (χ1) is 9.11. The zero-order chi connectivity index (χ0) is 13.8. The van der Waals surface area contributed by atoms with Crippen LogP contribution in [0.5, 0.6) is 0 Å². The number of aliphatic hydroxyl groups excluding tert-OH is 1. The summed E-state index contributed by atoms with van der Waals surface area (Å²) in [6, 6.07) is 13.6. The SMILES string of the molecule is CCCc1cccc(C(O)c2cc(Br)ccc2Cl)c1. The first-order valence-corrected chi connectivity index (χ1v) is 7.50. The molecule has 1 unspecified atom stereocenters. The molecule has 0 aliphatic carbocycles. The molecule has 0 saturated carbocycles. The Hall–Kier alpha value is -0.830. The first-order valence-electron chi connectivity index (χ1n) is 6.33. The molecule has 0 fully saturated rings. The van der Waals surface area contributed by atoms with Crippen molar-refractivity contribution in [3.8, 4) is 0 Å². The number of aliphatic hydroxyl groups is 1. The highest BCUT2D eigenvalue weighted by atomic mass is 79.9. The van der Waals surface area contributed by atoms with Crippen molar-refractivity contribution in [1.82, 2.24) is 0 Å². The molecule has 2 rings (SSSR count). The Morgan fingerprint density at radius 1 is 1.21 bits per heavy atom. The third-order valence-electron chi connectivity index (χ3n) is 3.06. The summed E-state index contributed by atoms with van der Waals surface area (Å²) >= 11 is 9.57. The summed E-state index contributed by atoms with van der Waals surface area (Å²) in [6.07, 6.45) is 1.42. The van der Waals surface area contributed by atoms with Gasteiger partial charge in [-0.2, -0.15) is 0 Å². The van der Waals surface area contributed by atoms with E-state index in [4.69, 9.17) is 11.6 Å². The van der Waals surface area contributed by atoms with Gasteiger partial charge in [0.25, 0.3) is 0 Å². The van der Waals surface area contributed by atoms with Gasteiger partial charge in [-0.1, -0.05) is 65.1 Å². The maximum absolute atomic E-state index is 10.5. The van der Waals surface area contributed by atoms with Gasteiger partial charge in [-0.05, 0) is 35.7 Å². The molecule has 2 aromatic rings. The standard InChI is InChI=1S/C16H16BrClO/c1-2-4-11-5-3-6-12(9-11)16(19)14-10-13(17)7-8-15(14)18/h3,5-10,16,19H,2,4H2,1H3. The van der Waals surface area contributed by atoms with Gasteiger partial charge >= 0.3 is 0 Å². The fraction of sp³-hybridized carbons (Fsp3) is 0.250. The third-order valence-corrected chi connectivity index (χ3v) is 3.90. The molecule has 2 aromatic carbocycles. The van der Waals surface area contributed by atoms with E-state index in [-0.39, 0.29) is 0 Å². The molecule has 0 radical (unpaired) electrons. The van der Waals surface area contributed by atoms with Gasteiger partial charge in [-0.15, -0.1) is 0 Å². The number of benzene rings is 2. The molecule has 0 saturated heterocycles. The molecule has 0 amide bonds. The van der Waals surface area contributed by atoms with Gasteiger partial charge in [0, 0.05) is 15.1 Å². The average Bonchev–Trinajstić information content (AvgIpc) is 2.41. The van der Waals surface area contributed by atoms with Gasteiger partial charge in [0.2, 0.25) is 0 Å². The molecule has 0 aliphatic rings. The van der Waals surface area contributed by atoms with E-state index in [1.807, 2.05) is 30.3 Å². The average molecular weight is 340 g/mol. The Kier molecular flexibility index (Phi) is 5.03. The number of halogens is 2. The Morgan fingerprint density at radius 3 is 2.74 bits per heavy atom. The highest BCUT2D eigenvalue weighted by Gasteiger charge is 2.14. The van der Waals surface area contributed by atoms with E-state index < -0.39 is 6.10 Å². The molecule has 0 aliphatic heterocycles. The van der Waals surface area contributed by atoms with Gasteiger partial charge < -0.3 is 5.11 Å². The molecule has 3 heteroatoms. The van der Waals surface area contributed by atoms with Gasteiger partial charge in [-0.3, -0.25) is 0 Å². The molecule has 0 spiro atoms. The van der Waals surface area contributed by atoms with Gasteiger partial charge in [0.05, 0.1) is 0 Å². The molecule has 1 nitrogen and oxygen atoms in total. The second-order valence-corrected chi connectivity index (χ2v) is 5.89. The summed E-state index contributed by atoms with van der Waals surface area (Å²) in [7, 11) is 0. The van der Waals surface area contributed by atoms with Crippen molar-refractivity contribution < 1.29 is 5.11 Å². The van der Waals surface area contributed by atoms with E-state index in [0.29, 0.717) is 5.02 Å². The highest BCUT2D eigenvalue weighted by molar-refractivity contribution is 9.10. The van der Waals surface area contributed by atoms with Crippen molar-refractivity contribution in [2.75, 3.05) is 0 Å². The van der Waals surface area contributed by atoms with Crippen LogP contribution in [0.2, 0.25) is 5.02 Å². The molecule has 0 heterocycles. The van der Waals surface area contributed by atoms with Gasteiger partial charge in [-0.25, -0.2) is 0 Å². The minimum absolute atomic E-state index is 0.580. The Balaban J connectivity index is 2.35. The minimum atomic E-state index is -0.693. The van der Waals surface area contributed by atoms with E-state index in [2.05, 4.69) is 28.9 Å². The maximum atomic E-state index is 10.5. The molecular formula is C16H16BrClO. The van der Waals surface area contributed by atoms with Crippen LogP contribution in [-0.4, -0.2) is 5.11 Å². The van der Waals surface area contributed by atoms with Crippen molar-refractivity contribution in [3.05, 3.63) is 68.7 Å². The van der Waals surface area contributed by atoms with E-state index in [9.17, 15) is 5.11 Å². The Morgan fingerprint density at radius 2 is 2.00 bits per heavy atom. The molecule has 1 N–H and O–H groups in total. The lowest BCUT2D eigenvalue weighted by Crippen LogP contribution is -2.01. The molecule has 19 heavy (non-hydrogen) atoms. The molecule has 0 bridgehead atoms. The van der Waals surface area contributed by atoms with Gasteiger partial charge in [0.1, 0.15) is 6.10 Å². The quantitative estimate of drug-likeness (QED) is 0.818. The van der Waals surface area contributed by atoms with Crippen LogP contribution in [0.25, 0.3) is 0 Å². The topological polar surface area (TPSA) is 20.2 Å². The monoisotopic (exact) mass is 338 g/mol. The van der Waals surface area contributed by atoms with Crippen molar-refractivity contribution in [2.45, 2.75) is 25.9 Å². The largest absolute Gasteiger partial charge is 0.384 e. The predicted octanol–water partition coefficient (Wildman–Crippen LogP) is 5.14. The first kappa shape index (κ1) is 14.6. The van der Waals surface area contributed by atoms with Crippen LogP contribution in [0.4, 0.5) is 0 Å². The number of rotatable bonds is 4. The van der Waals surface area contributed by atoms with E-state index in [0.717, 1.165) is 28.4 Å². The smallest absolute Gasteiger partial charge is 0.106 e. The highest BCUT2D eigenvalue weighted by Crippen LogP contribution is 2.31. The van der Waals surface area contributed by atoms with Crippen molar-refractivity contribution >= 4 is 27.5 Å². The summed E-state index contributed by atoms with van der Waals surface area (Å²) in [6.45, 7) is 2.15. The lowest BCUT2D eigenvalue weighted by atomic mass is 9.98. The fourth-order valence-corrected chi connectivity index (χ4v) is 2.71. The van der Waals surface area contributed by atoms with E-state index >= 15 is 0 Å². The molecular weight excluding hydrogens is 324 g/mol. The van der Waals surface area contributed by atoms with Crippen LogP contribution in [0, 0.1) is 0 Å². The molecule has 1 atom stereocenters. The summed E-state index contributed by atoms with van der Waals surface area (Å²) < 4.78 is 0.913. The second-order valence-electron chi connectivity index (χ2n) is 4.56. The van der Waals surface area contributed by atoms with Crippen molar-refractivity contribution in [3.63, 3.8) is 0 Å². The second kappa shape index (κ2) is 6.56. The zero-order valence-electron chi connectivity index (χ0n) is 10.7. The lowest BCUT2D eigenvalue weighted by molar-refractivity contribution is 0.220. The Labute approximate surface area is 127 Å². The summed E-state index contributed by atoms with van der Waals surface area (Å²) in [5.41, 5.74) is 2.85. The normalized spacial score (nSPS) is 12.4. The van der Waals surface area contributed by atoms with E-state index in [1.54, 1.807) is 6.07 Å². The third kappa shape index (κ3) is 3.59. The Bertz CT molecular complexity index is 568. The van der Waals surface area contributed by atoms with Crippen LogP contribution in [-0.2, 0) is 6.42 Å². The predicted molar refractivity (Wildman–Crippen MR) is 83.7 cm³/mol.